The molecule has 0 unspecified atom stereocenters. The Balaban J connectivity index is 2.05. The largest absolute Gasteiger partial charge is 0.384 e. The van der Waals surface area contributed by atoms with Crippen LogP contribution in [-0.2, 0) is 0 Å². The Hall–Kier alpha value is -3.21. The molecule has 118 valence electrons. The Morgan fingerprint density at radius 2 is 1.79 bits per heavy atom. The molecule has 0 bridgehead atoms. The van der Waals surface area contributed by atoms with Crippen LogP contribution in [0.1, 0.15) is 5.56 Å². The fraction of sp³-hybridized carbons (Fsp3) is 0.0526. The molecule has 1 aromatic carbocycles. The molecule has 24 heavy (non-hydrogen) atoms. The second-order valence-corrected chi connectivity index (χ2v) is 5.72. The number of pyridine rings is 2. The average molecular weight is 318 g/mol. The SMILES string of the molecule is Cc1ccn2c(-c3ccnc(N)c3)c(-c3ccc(F)cc3)nc2c1. The molecule has 0 fully saturated rings. The minimum absolute atomic E-state index is 0.270. The number of hydrogen-bond donors (Lipinski definition) is 1. The lowest BCUT2D eigenvalue weighted by Crippen LogP contribution is -1.93. The number of halogens is 1. The number of nitrogens with two attached hydrogens (primary N) is 1. The van der Waals surface area contributed by atoms with Gasteiger partial charge >= 0.3 is 0 Å². The van der Waals surface area contributed by atoms with Crippen molar-refractivity contribution in [1.82, 2.24) is 14.4 Å². The van der Waals surface area contributed by atoms with Gasteiger partial charge in [0.05, 0.1) is 11.4 Å². The Kier molecular flexibility index (Phi) is 3.27. The summed E-state index contributed by atoms with van der Waals surface area (Å²) in [6.07, 6.45) is 3.66. The van der Waals surface area contributed by atoms with Crippen LogP contribution in [0.3, 0.4) is 0 Å². The number of benzene rings is 1. The van der Waals surface area contributed by atoms with Crippen LogP contribution in [0.2, 0.25) is 0 Å². The van der Waals surface area contributed by atoms with Gasteiger partial charge in [-0.15, -0.1) is 0 Å². The van der Waals surface area contributed by atoms with Crippen molar-refractivity contribution < 1.29 is 4.39 Å². The van der Waals surface area contributed by atoms with Crippen LogP contribution in [0.4, 0.5) is 10.2 Å². The number of hydrogen-bond acceptors (Lipinski definition) is 3. The summed E-state index contributed by atoms with van der Waals surface area (Å²) in [4.78, 5) is 8.82. The van der Waals surface area contributed by atoms with E-state index >= 15 is 0 Å². The summed E-state index contributed by atoms with van der Waals surface area (Å²) in [5.41, 5.74) is 11.3. The molecule has 3 aromatic heterocycles. The highest BCUT2D eigenvalue weighted by Gasteiger charge is 2.16. The fourth-order valence-corrected chi connectivity index (χ4v) is 2.83. The molecule has 5 heteroatoms. The van der Waals surface area contributed by atoms with E-state index in [-0.39, 0.29) is 5.82 Å². The maximum absolute atomic E-state index is 13.3. The molecule has 4 nitrogen and oxygen atoms in total. The molecule has 4 rings (SSSR count). The van der Waals surface area contributed by atoms with Gasteiger partial charge in [-0.25, -0.2) is 14.4 Å². The van der Waals surface area contributed by atoms with Gasteiger partial charge in [0.25, 0.3) is 0 Å². The fourth-order valence-electron chi connectivity index (χ4n) is 2.83. The van der Waals surface area contributed by atoms with Crippen molar-refractivity contribution >= 4 is 11.5 Å². The molecular weight excluding hydrogens is 303 g/mol. The van der Waals surface area contributed by atoms with Crippen molar-refractivity contribution in [3.05, 3.63) is 72.3 Å². The van der Waals surface area contributed by atoms with Crippen LogP contribution in [0, 0.1) is 12.7 Å². The van der Waals surface area contributed by atoms with Crippen molar-refractivity contribution in [2.45, 2.75) is 6.92 Å². The highest BCUT2D eigenvalue weighted by Crippen LogP contribution is 2.33. The second-order valence-electron chi connectivity index (χ2n) is 5.72. The van der Waals surface area contributed by atoms with E-state index in [1.807, 2.05) is 41.8 Å². The lowest BCUT2D eigenvalue weighted by Gasteiger charge is -2.06. The number of anilines is 1. The first-order valence-electron chi connectivity index (χ1n) is 7.58. The second kappa shape index (κ2) is 5.45. The first-order chi connectivity index (χ1) is 11.6. The quantitative estimate of drug-likeness (QED) is 0.605. The summed E-state index contributed by atoms with van der Waals surface area (Å²) >= 11 is 0. The van der Waals surface area contributed by atoms with Crippen LogP contribution in [0.25, 0.3) is 28.2 Å². The summed E-state index contributed by atoms with van der Waals surface area (Å²) in [6, 6.07) is 14.1. The van der Waals surface area contributed by atoms with Gasteiger partial charge in [0.15, 0.2) is 0 Å². The van der Waals surface area contributed by atoms with Crippen molar-refractivity contribution in [3.63, 3.8) is 0 Å². The molecule has 4 aromatic rings. The molecule has 0 aliphatic heterocycles. The van der Waals surface area contributed by atoms with Gasteiger partial charge < -0.3 is 5.73 Å². The van der Waals surface area contributed by atoms with E-state index in [0.29, 0.717) is 5.82 Å². The Morgan fingerprint density at radius 3 is 2.54 bits per heavy atom. The monoisotopic (exact) mass is 318 g/mol. The van der Waals surface area contributed by atoms with Crippen LogP contribution in [-0.4, -0.2) is 14.4 Å². The summed E-state index contributed by atoms with van der Waals surface area (Å²) in [5, 5.41) is 0. The van der Waals surface area contributed by atoms with Crippen molar-refractivity contribution in [3.8, 4) is 22.5 Å². The molecule has 0 atom stereocenters. The topological polar surface area (TPSA) is 56.2 Å². The lowest BCUT2D eigenvalue weighted by molar-refractivity contribution is 0.628. The third-order valence-corrected chi connectivity index (χ3v) is 3.95. The number of aromatic nitrogens is 3. The lowest BCUT2D eigenvalue weighted by atomic mass is 10.1. The number of nitrogen functional groups attached to an aromatic ring is 1. The van der Waals surface area contributed by atoms with Crippen molar-refractivity contribution in [1.29, 1.82) is 0 Å². The smallest absolute Gasteiger partial charge is 0.138 e. The molecule has 3 heterocycles. The van der Waals surface area contributed by atoms with Gasteiger partial charge in [-0.1, -0.05) is 0 Å². The summed E-state index contributed by atoms with van der Waals surface area (Å²) in [6.45, 7) is 2.02. The van der Waals surface area contributed by atoms with Gasteiger partial charge in [0.1, 0.15) is 17.3 Å². The highest BCUT2D eigenvalue weighted by molar-refractivity contribution is 5.82. The first kappa shape index (κ1) is 14.4. The molecule has 0 spiro atoms. The zero-order chi connectivity index (χ0) is 16.7. The third kappa shape index (κ3) is 2.40. The zero-order valence-electron chi connectivity index (χ0n) is 13.1. The number of imidazole rings is 1. The predicted molar refractivity (Wildman–Crippen MR) is 93.0 cm³/mol. The molecule has 0 radical (unpaired) electrons. The molecule has 0 amide bonds. The molecule has 0 aliphatic carbocycles. The van der Waals surface area contributed by atoms with E-state index in [1.165, 1.54) is 12.1 Å². The highest BCUT2D eigenvalue weighted by atomic mass is 19.1. The summed E-state index contributed by atoms with van der Waals surface area (Å²) in [7, 11) is 0. The minimum atomic E-state index is -0.270. The van der Waals surface area contributed by atoms with E-state index in [4.69, 9.17) is 10.7 Å². The van der Waals surface area contributed by atoms with Crippen LogP contribution in [0.15, 0.2) is 60.9 Å². The number of rotatable bonds is 2. The summed E-state index contributed by atoms with van der Waals surface area (Å²) < 4.78 is 15.3. The van der Waals surface area contributed by atoms with Gasteiger partial charge in [-0.05, 0) is 61.0 Å². The minimum Gasteiger partial charge on any atom is -0.384 e. The standard InChI is InChI=1S/C19H15FN4/c1-12-7-9-24-17(10-12)23-18(13-2-4-15(20)5-3-13)19(24)14-6-8-22-16(21)11-14/h2-11H,1H3,(H2,21,22). The number of nitrogens with zero attached hydrogens (tertiary/aromatic N) is 3. The van der Waals surface area contributed by atoms with Gasteiger partial charge in [-0.3, -0.25) is 4.40 Å². The maximum Gasteiger partial charge on any atom is 0.138 e. The summed E-state index contributed by atoms with van der Waals surface area (Å²) in [5.74, 6) is 0.174. The van der Waals surface area contributed by atoms with Crippen LogP contribution < -0.4 is 5.73 Å². The Bertz CT molecular complexity index is 1040. The number of aryl methyl sites for hydroxylation is 1. The average Bonchev–Trinajstić information content (AvgIpc) is 2.94. The third-order valence-electron chi connectivity index (χ3n) is 3.95. The van der Waals surface area contributed by atoms with Crippen LogP contribution >= 0.6 is 0 Å². The molecular formula is C19H15FN4. The van der Waals surface area contributed by atoms with Crippen molar-refractivity contribution in [2.24, 2.45) is 0 Å². The van der Waals surface area contributed by atoms with Gasteiger partial charge in [-0.2, -0.15) is 0 Å². The number of fused-ring (bicyclic) bond motifs is 1. The molecule has 2 N–H and O–H groups in total. The van der Waals surface area contributed by atoms with E-state index < -0.39 is 0 Å². The predicted octanol–water partition coefficient (Wildman–Crippen LogP) is 4.09. The zero-order valence-corrected chi connectivity index (χ0v) is 13.1. The first-order valence-corrected chi connectivity index (χ1v) is 7.58. The van der Waals surface area contributed by atoms with E-state index in [0.717, 1.165) is 33.7 Å². The van der Waals surface area contributed by atoms with Crippen molar-refractivity contribution in [2.75, 3.05) is 5.73 Å². The molecule has 0 aliphatic rings. The molecule has 0 saturated heterocycles. The van der Waals surface area contributed by atoms with Crippen LogP contribution in [0.5, 0.6) is 0 Å². The van der Waals surface area contributed by atoms with E-state index in [9.17, 15) is 4.39 Å². The maximum atomic E-state index is 13.3. The van der Waals surface area contributed by atoms with Gasteiger partial charge in [0, 0.05) is 23.5 Å². The van der Waals surface area contributed by atoms with Gasteiger partial charge in [0.2, 0.25) is 0 Å². The Labute approximate surface area is 138 Å². The van der Waals surface area contributed by atoms with E-state index in [1.54, 1.807) is 18.3 Å². The van der Waals surface area contributed by atoms with E-state index in [2.05, 4.69) is 4.98 Å². The Morgan fingerprint density at radius 1 is 1.00 bits per heavy atom. The molecule has 0 saturated carbocycles. The normalized spacial score (nSPS) is 11.1.